The maximum atomic E-state index is 13.7. The molecule has 1 aromatic heterocycles. The predicted octanol–water partition coefficient (Wildman–Crippen LogP) is 4.07. The summed E-state index contributed by atoms with van der Waals surface area (Å²) in [6.07, 6.45) is 6.12. The molecule has 0 unspecified atom stereocenters. The minimum absolute atomic E-state index is 0.0481. The summed E-state index contributed by atoms with van der Waals surface area (Å²) in [5.74, 6) is 0.547. The van der Waals surface area contributed by atoms with E-state index in [0.29, 0.717) is 5.95 Å². The Morgan fingerprint density at radius 2 is 1.84 bits per heavy atom. The Morgan fingerprint density at radius 3 is 2.37 bits per heavy atom. The Morgan fingerprint density at radius 1 is 1.16 bits per heavy atom. The van der Waals surface area contributed by atoms with Crippen LogP contribution in [0.3, 0.4) is 0 Å². The minimum Gasteiger partial charge on any atom is -0.338 e. The van der Waals surface area contributed by atoms with Crippen LogP contribution in [-0.2, 0) is 5.67 Å². The molecule has 0 saturated carbocycles. The lowest BCUT2D eigenvalue weighted by molar-refractivity contribution is 0.155. The average molecular weight is 271 g/mol. The van der Waals surface area contributed by atoms with Gasteiger partial charge in [0.05, 0.1) is 0 Å². The second-order valence-corrected chi connectivity index (χ2v) is 5.37. The van der Waals surface area contributed by atoms with Crippen LogP contribution < -0.4 is 4.90 Å². The standard InChI is InChI=1S/C14H26FN3O/c1-5-7-8-9-10-11-18(6-2)13-16-12(19-17-13)14(3,4)15/h5-11H2,1-4H3. The van der Waals surface area contributed by atoms with E-state index in [1.165, 1.54) is 39.5 Å². The lowest BCUT2D eigenvalue weighted by Gasteiger charge is -2.17. The molecule has 1 heterocycles. The van der Waals surface area contributed by atoms with E-state index in [4.69, 9.17) is 4.52 Å². The maximum Gasteiger partial charge on any atom is 0.266 e. The summed E-state index contributed by atoms with van der Waals surface area (Å²) in [6.45, 7) is 8.79. The highest BCUT2D eigenvalue weighted by atomic mass is 19.1. The van der Waals surface area contributed by atoms with Gasteiger partial charge in [0.2, 0.25) is 0 Å². The molecular formula is C14H26FN3O. The van der Waals surface area contributed by atoms with Crippen LogP contribution in [0.4, 0.5) is 10.3 Å². The van der Waals surface area contributed by atoms with Crippen LogP contribution in [0.2, 0.25) is 0 Å². The molecule has 0 aromatic carbocycles. The summed E-state index contributed by atoms with van der Waals surface area (Å²) >= 11 is 0. The molecular weight excluding hydrogens is 245 g/mol. The van der Waals surface area contributed by atoms with Crippen LogP contribution in [0.1, 0.15) is 65.7 Å². The van der Waals surface area contributed by atoms with E-state index in [-0.39, 0.29) is 5.89 Å². The Hall–Kier alpha value is -1.13. The van der Waals surface area contributed by atoms with Crippen molar-refractivity contribution in [3.8, 4) is 0 Å². The van der Waals surface area contributed by atoms with Gasteiger partial charge in [-0.25, -0.2) is 4.39 Å². The van der Waals surface area contributed by atoms with Crippen molar-refractivity contribution in [2.45, 2.75) is 65.5 Å². The first-order valence-corrected chi connectivity index (χ1v) is 7.27. The normalized spacial score (nSPS) is 11.8. The van der Waals surface area contributed by atoms with Crippen LogP contribution in [0, 0.1) is 0 Å². The zero-order chi connectivity index (χ0) is 14.3. The minimum atomic E-state index is -1.58. The first kappa shape index (κ1) is 15.9. The molecule has 0 aliphatic heterocycles. The number of anilines is 1. The zero-order valence-corrected chi connectivity index (χ0v) is 12.6. The maximum absolute atomic E-state index is 13.7. The molecule has 0 saturated heterocycles. The highest BCUT2D eigenvalue weighted by Gasteiger charge is 2.27. The molecule has 0 amide bonds. The van der Waals surface area contributed by atoms with E-state index in [1.807, 2.05) is 11.8 Å². The average Bonchev–Trinajstić information content (AvgIpc) is 2.83. The quantitative estimate of drug-likeness (QED) is 0.635. The van der Waals surface area contributed by atoms with E-state index in [2.05, 4.69) is 17.1 Å². The number of hydrogen-bond acceptors (Lipinski definition) is 4. The van der Waals surface area contributed by atoms with Gasteiger partial charge >= 0.3 is 0 Å². The first-order valence-electron chi connectivity index (χ1n) is 7.27. The molecule has 0 aliphatic carbocycles. The third-order valence-corrected chi connectivity index (χ3v) is 3.12. The van der Waals surface area contributed by atoms with Crippen molar-refractivity contribution < 1.29 is 8.91 Å². The predicted molar refractivity (Wildman–Crippen MR) is 75.1 cm³/mol. The molecule has 4 nitrogen and oxygen atoms in total. The highest BCUT2D eigenvalue weighted by molar-refractivity contribution is 5.27. The van der Waals surface area contributed by atoms with Gasteiger partial charge in [-0.05, 0) is 32.3 Å². The van der Waals surface area contributed by atoms with E-state index in [0.717, 1.165) is 19.5 Å². The van der Waals surface area contributed by atoms with Gasteiger partial charge in [-0.2, -0.15) is 4.98 Å². The number of hydrogen-bond donors (Lipinski definition) is 0. The van der Waals surface area contributed by atoms with Crippen LogP contribution >= 0.6 is 0 Å². The van der Waals surface area contributed by atoms with Crippen LogP contribution in [0.15, 0.2) is 4.52 Å². The zero-order valence-electron chi connectivity index (χ0n) is 12.6. The summed E-state index contributed by atoms with van der Waals surface area (Å²) in [5.41, 5.74) is -1.58. The Kier molecular flexibility index (Phi) is 6.25. The molecule has 0 N–H and O–H groups in total. The van der Waals surface area contributed by atoms with Gasteiger partial charge in [0.1, 0.15) is 0 Å². The number of nitrogens with zero attached hydrogens (tertiary/aromatic N) is 3. The smallest absolute Gasteiger partial charge is 0.266 e. The van der Waals surface area contributed by atoms with Gasteiger partial charge < -0.3 is 9.42 Å². The molecule has 1 rings (SSSR count). The van der Waals surface area contributed by atoms with E-state index in [9.17, 15) is 4.39 Å². The molecule has 0 spiro atoms. The van der Waals surface area contributed by atoms with Gasteiger partial charge in [-0.1, -0.05) is 32.6 Å². The van der Waals surface area contributed by atoms with Gasteiger partial charge in [0, 0.05) is 13.1 Å². The number of unbranched alkanes of at least 4 members (excludes halogenated alkanes) is 4. The van der Waals surface area contributed by atoms with Gasteiger partial charge in [0.15, 0.2) is 5.67 Å². The van der Waals surface area contributed by atoms with Crippen molar-refractivity contribution in [3.63, 3.8) is 0 Å². The van der Waals surface area contributed by atoms with Crippen molar-refractivity contribution in [2.24, 2.45) is 0 Å². The van der Waals surface area contributed by atoms with Gasteiger partial charge in [-0.15, -0.1) is 0 Å². The molecule has 0 bridgehead atoms. The van der Waals surface area contributed by atoms with Crippen molar-refractivity contribution in [2.75, 3.05) is 18.0 Å². The van der Waals surface area contributed by atoms with Crippen LogP contribution in [0.25, 0.3) is 0 Å². The topological polar surface area (TPSA) is 42.2 Å². The number of rotatable bonds is 9. The molecule has 0 aliphatic rings. The third kappa shape index (κ3) is 5.17. The fraction of sp³-hybridized carbons (Fsp3) is 0.857. The molecule has 0 radical (unpaired) electrons. The summed E-state index contributed by atoms with van der Waals surface area (Å²) in [6, 6.07) is 0. The van der Waals surface area contributed by atoms with Crippen molar-refractivity contribution >= 4 is 5.95 Å². The summed E-state index contributed by atoms with van der Waals surface area (Å²) in [7, 11) is 0. The Bertz CT molecular complexity index is 360. The van der Waals surface area contributed by atoms with E-state index >= 15 is 0 Å². The fourth-order valence-corrected chi connectivity index (χ4v) is 1.89. The van der Waals surface area contributed by atoms with Crippen molar-refractivity contribution in [1.82, 2.24) is 10.1 Å². The van der Waals surface area contributed by atoms with Crippen molar-refractivity contribution in [3.05, 3.63) is 5.89 Å². The molecule has 5 heteroatoms. The van der Waals surface area contributed by atoms with Crippen LogP contribution in [0.5, 0.6) is 0 Å². The lowest BCUT2D eigenvalue weighted by Crippen LogP contribution is -2.25. The van der Waals surface area contributed by atoms with Gasteiger partial charge in [-0.3, -0.25) is 0 Å². The molecule has 110 valence electrons. The molecule has 0 fully saturated rings. The van der Waals surface area contributed by atoms with Gasteiger partial charge in [0.25, 0.3) is 11.8 Å². The summed E-state index contributed by atoms with van der Waals surface area (Å²) in [5, 5.41) is 3.87. The Balaban J connectivity index is 2.48. The first-order chi connectivity index (χ1) is 8.99. The van der Waals surface area contributed by atoms with Crippen molar-refractivity contribution in [1.29, 1.82) is 0 Å². The summed E-state index contributed by atoms with van der Waals surface area (Å²) in [4.78, 5) is 6.17. The Labute approximate surface area is 115 Å². The van der Waals surface area contributed by atoms with Crippen LogP contribution in [-0.4, -0.2) is 23.2 Å². The lowest BCUT2D eigenvalue weighted by atomic mass is 10.1. The molecule has 19 heavy (non-hydrogen) atoms. The monoisotopic (exact) mass is 271 g/mol. The number of aromatic nitrogens is 2. The SMILES string of the molecule is CCCCCCCN(CC)c1noc(C(C)(C)F)n1. The highest BCUT2D eigenvalue weighted by Crippen LogP contribution is 2.24. The third-order valence-electron chi connectivity index (χ3n) is 3.12. The summed E-state index contributed by atoms with van der Waals surface area (Å²) < 4.78 is 18.7. The molecule has 1 aromatic rings. The van der Waals surface area contributed by atoms with E-state index in [1.54, 1.807) is 0 Å². The number of alkyl halides is 1. The second kappa shape index (κ2) is 7.46. The largest absolute Gasteiger partial charge is 0.338 e. The number of halogens is 1. The second-order valence-electron chi connectivity index (χ2n) is 5.37. The van der Waals surface area contributed by atoms with E-state index < -0.39 is 5.67 Å². The molecule has 0 atom stereocenters. The fourth-order valence-electron chi connectivity index (χ4n) is 1.89.